The van der Waals surface area contributed by atoms with Crippen molar-refractivity contribution in [2.75, 3.05) is 6.54 Å². The highest BCUT2D eigenvalue weighted by Gasteiger charge is 2.51. The Kier molecular flexibility index (Phi) is 3.17. The molecule has 4 rings (SSSR count). The fourth-order valence-electron chi connectivity index (χ4n) is 5.10. The van der Waals surface area contributed by atoms with Crippen LogP contribution in [0.2, 0.25) is 0 Å². The van der Waals surface area contributed by atoms with Crippen molar-refractivity contribution in [1.29, 1.82) is 0 Å². The molecule has 0 heterocycles. The minimum absolute atomic E-state index is 0.166. The van der Waals surface area contributed by atoms with Gasteiger partial charge in [-0.3, -0.25) is 4.79 Å². The van der Waals surface area contributed by atoms with Gasteiger partial charge in [0.05, 0.1) is 6.54 Å². The summed E-state index contributed by atoms with van der Waals surface area (Å²) in [5.74, 6) is 2.89. The quantitative estimate of drug-likeness (QED) is 0.830. The second-order valence-electron chi connectivity index (χ2n) is 6.89. The van der Waals surface area contributed by atoms with Gasteiger partial charge < -0.3 is 5.32 Å². The number of nitrogens with one attached hydrogen (secondary N) is 1. The maximum Gasteiger partial charge on any atom is 0.220 e. The van der Waals surface area contributed by atoms with E-state index in [0.717, 1.165) is 17.8 Å². The lowest BCUT2D eigenvalue weighted by Crippen LogP contribution is -2.48. The Hall–Kier alpha value is -0.500. The molecule has 1 N–H and O–H groups in total. The number of rotatable bonds is 4. The van der Waals surface area contributed by atoms with E-state index in [2.05, 4.69) is 11.9 Å². The zero-order chi connectivity index (χ0) is 12.8. The van der Waals surface area contributed by atoms with Crippen LogP contribution in [0.5, 0.6) is 0 Å². The minimum atomic E-state index is 0.166. The van der Waals surface area contributed by atoms with Gasteiger partial charge in [-0.1, -0.05) is 18.2 Å². The van der Waals surface area contributed by atoms with E-state index in [9.17, 15) is 4.79 Å². The third kappa shape index (κ3) is 2.45. The molecule has 0 aromatic heterocycles. The molecule has 0 aromatic rings. The predicted octanol–water partition coefficient (Wildman–Crippen LogP) is 3.46. The van der Waals surface area contributed by atoms with Gasteiger partial charge in [0.25, 0.3) is 0 Å². The molecule has 2 nitrogen and oxygen atoms in total. The Balaban J connectivity index is 1.61. The third-order valence-corrected chi connectivity index (χ3v) is 5.31. The zero-order valence-electron chi connectivity index (χ0n) is 10.9. The van der Waals surface area contributed by atoms with Gasteiger partial charge in [-0.15, -0.1) is 0 Å². The summed E-state index contributed by atoms with van der Waals surface area (Å²) in [6.07, 6.45) is 8.86. The van der Waals surface area contributed by atoms with Gasteiger partial charge in [0.2, 0.25) is 5.91 Å². The van der Waals surface area contributed by atoms with Crippen molar-refractivity contribution in [3.05, 3.63) is 11.6 Å². The lowest BCUT2D eigenvalue weighted by atomic mass is 9.49. The highest BCUT2D eigenvalue weighted by molar-refractivity contribution is 6.29. The number of carbonyl (C=O) groups is 1. The van der Waals surface area contributed by atoms with Gasteiger partial charge in [0.15, 0.2) is 0 Å². The second-order valence-corrected chi connectivity index (χ2v) is 7.42. The van der Waals surface area contributed by atoms with Crippen molar-refractivity contribution in [3.63, 3.8) is 0 Å². The molecule has 0 atom stereocenters. The molecule has 0 spiro atoms. The molecule has 0 aromatic carbocycles. The summed E-state index contributed by atoms with van der Waals surface area (Å²) in [5, 5.41) is 3.39. The molecule has 0 unspecified atom stereocenters. The standard InChI is InChI=1S/C15H22ClNO/c1-10(16)9-17-14(18)8-15-5-11-2-12(6-15)4-13(3-11)7-15/h11-13H,1-9H2,(H,17,18). The van der Waals surface area contributed by atoms with Gasteiger partial charge in [0, 0.05) is 11.5 Å². The molecule has 4 saturated carbocycles. The van der Waals surface area contributed by atoms with Gasteiger partial charge in [-0.25, -0.2) is 0 Å². The highest BCUT2D eigenvalue weighted by Crippen LogP contribution is 2.61. The molecule has 4 aliphatic rings. The monoisotopic (exact) mass is 267 g/mol. The number of halogens is 1. The van der Waals surface area contributed by atoms with E-state index in [1.165, 1.54) is 38.5 Å². The molecule has 0 radical (unpaired) electrons. The fraction of sp³-hybridized carbons (Fsp3) is 0.800. The Bertz CT molecular complexity index is 341. The number of carbonyl (C=O) groups excluding carboxylic acids is 1. The maximum absolute atomic E-state index is 12.0. The number of hydrogen-bond donors (Lipinski definition) is 1. The van der Waals surface area contributed by atoms with Crippen molar-refractivity contribution in [3.8, 4) is 0 Å². The predicted molar refractivity (Wildman–Crippen MR) is 73.2 cm³/mol. The van der Waals surface area contributed by atoms with Crippen LogP contribution in [0.15, 0.2) is 11.6 Å². The fourth-order valence-corrected chi connectivity index (χ4v) is 5.17. The SMILES string of the molecule is C=C(Cl)CNC(=O)CC12CC3CC(CC(C3)C1)C2. The van der Waals surface area contributed by atoms with Crippen LogP contribution < -0.4 is 5.32 Å². The molecule has 3 heteroatoms. The number of amides is 1. The van der Waals surface area contributed by atoms with Crippen LogP contribution in [0.1, 0.15) is 44.9 Å². The minimum Gasteiger partial charge on any atom is -0.351 e. The van der Waals surface area contributed by atoms with Gasteiger partial charge in [0.1, 0.15) is 0 Å². The van der Waals surface area contributed by atoms with Gasteiger partial charge in [-0.05, 0) is 61.7 Å². The molecule has 100 valence electrons. The van der Waals surface area contributed by atoms with E-state index < -0.39 is 0 Å². The first kappa shape index (κ1) is 12.5. The summed E-state index contributed by atoms with van der Waals surface area (Å²) in [6, 6.07) is 0. The summed E-state index contributed by atoms with van der Waals surface area (Å²) >= 11 is 5.69. The van der Waals surface area contributed by atoms with E-state index in [-0.39, 0.29) is 5.91 Å². The Morgan fingerprint density at radius 1 is 1.17 bits per heavy atom. The van der Waals surface area contributed by atoms with Crippen LogP contribution in [-0.4, -0.2) is 12.5 Å². The lowest BCUT2D eigenvalue weighted by molar-refractivity contribution is -0.129. The van der Waals surface area contributed by atoms with E-state index in [1.807, 2.05) is 0 Å². The molecular weight excluding hydrogens is 246 g/mol. The largest absolute Gasteiger partial charge is 0.351 e. The van der Waals surface area contributed by atoms with Crippen LogP contribution in [0.3, 0.4) is 0 Å². The number of hydrogen-bond acceptors (Lipinski definition) is 1. The van der Waals surface area contributed by atoms with Crippen molar-refractivity contribution < 1.29 is 4.79 Å². The Morgan fingerprint density at radius 2 is 1.67 bits per heavy atom. The lowest BCUT2D eigenvalue weighted by Gasteiger charge is -2.56. The van der Waals surface area contributed by atoms with E-state index in [4.69, 9.17) is 11.6 Å². The van der Waals surface area contributed by atoms with Crippen molar-refractivity contribution >= 4 is 17.5 Å². The average Bonchev–Trinajstić information content (AvgIpc) is 2.23. The van der Waals surface area contributed by atoms with Gasteiger partial charge in [-0.2, -0.15) is 0 Å². The molecule has 4 aliphatic carbocycles. The van der Waals surface area contributed by atoms with E-state index in [1.54, 1.807) is 0 Å². The normalized spacial score (nSPS) is 40.8. The summed E-state index contributed by atoms with van der Waals surface area (Å²) < 4.78 is 0. The molecule has 4 bridgehead atoms. The van der Waals surface area contributed by atoms with Crippen LogP contribution in [0, 0.1) is 23.2 Å². The smallest absolute Gasteiger partial charge is 0.220 e. The summed E-state index contributed by atoms with van der Waals surface area (Å²) in [7, 11) is 0. The van der Waals surface area contributed by atoms with Crippen LogP contribution in [0.25, 0.3) is 0 Å². The van der Waals surface area contributed by atoms with Crippen molar-refractivity contribution in [1.82, 2.24) is 5.32 Å². The molecule has 4 fully saturated rings. The maximum atomic E-state index is 12.0. The molecule has 0 aliphatic heterocycles. The molecular formula is C15H22ClNO. The summed E-state index contributed by atoms with van der Waals surface area (Å²) in [4.78, 5) is 12.0. The summed E-state index contributed by atoms with van der Waals surface area (Å²) in [5.41, 5.74) is 0.326. The van der Waals surface area contributed by atoms with Crippen molar-refractivity contribution in [2.24, 2.45) is 23.2 Å². The van der Waals surface area contributed by atoms with Crippen LogP contribution >= 0.6 is 11.6 Å². The molecule has 0 saturated heterocycles. The Labute approximate surface area is 114 Å². The Morgan fingerprint density at radius 3 is 2.11 bits per heavy atom. The summed E-state index contributed by atoms with van der Waals surface area (Å²) in [6.45, 7) is 4.01. The molecule has 18 heavy (non-hydrogen) atoms. The van der Waals surface area contributed by atoms with Gasteiger partial charge >= 0.3 is 0 Å². The van der Waals surface area contributed by atoms with E-state index in [0.29, 0.717) is 23.4 Å². The first-order valence-electron chi connectivity index (χ1n) is 7.15. The first-order chi connectivity index (χ1) is 8.55. The first-order valence-corrected chi connectivity index (χ1v) is 7.52. The molecule has 1 amide bonds. The zero-order valence-corrected chi connectivity index (χ0v) is 11.6. The average molecular weight is 268 g/mol. The third-order valence-electron chi connectivity index (χ3n) is 5.18. The van der Waals surface area contributed by atoms with Crippen LogP contribution in [-0.2, 0) is 4.79 Å². The second kappa shape index (κ2) is 4.56. The van der Waals surface area contributed by atoms with Crippen LogP contribution in [0.4, 0.5) is 0 Å². The topological polar surface area (TPSA) is 29.1 Å². The van der Waals surface area contributed by atoms with Crippen molar-refractivity contribution in [2.45, 2.75) is 44.9 Å². The van der Waals surface area contributed by atoms with E-state index >= 15 is 0 Å². The highest BCUT2D eigenvalue weighted by atomic mass is 35.5.